The lowest BCUT2D eigenvalue weighted by atomic mass is 10.2. The van der Waals surface area contributed by atoms with E-state index in [2.05, 4.69) is 21.2 Å². The second-order valence-electron chi connectivity index (χ2n) is 3.92. The van der Waals surface area contributed by atoms with Gasteiger partial charge in [0.05, 0.1) is 5.56 Å². The van der Waals surface area contributed by atoms with Gasteiger partial charge in [0.2, 0.25) is 0 Å². The SMILES string of the molecule is O=C([O-])CCCCCNC(=O)c1ccccc1Br. The average Bonchev–Trinajstić information content (AvgIpc) is 2.33. The van der Waals surface area contributed by atoms with Crippen molar-refractivity contribution in [1.82, 2.24) is 5.32 Å². The average molecular weight is 313 g/mol. The lowest BCUT2D eigenvalue weighted by Gasteiger charge is -2.07. The summed E-state index contributed by atoms with van der Waals surface area (Å²) >= 11 is 3.31. The fourth-order valence-corrected chi connectivity index (χ4v) is 1.98. The molecule has 0 saturated heterocycles. The maximum Gasteiger partial charge on any atom is 0.252 e. The molecule has 0 spiro atoms. The Hall–Kier alpha value is -1.36. The molecular weight excluding hydrogens is 298 g/mol. The number of aliphatic carboxylic acids is 1. The minimum atomic E-state index is -1.02. The number of amides is 1. The van der Waals surface area contributed by atoms with Crippen LogP contribution < -0.4 is 10.4 Å². The van der Waals surface area contributed by atoms with Gasteiger partial charge >= 0.3 is 0 Å². The predicted octanol–water partition coefficient (Wildman–Crippen LogP) is 1.49. The Kier molecular flexibility index (Phi) is 6.43. The molecule has 18 heavy (non-hydrogen) atoms. The summed E-state index contributed by atoms with van der Waals surface area (Å²) in [6.07, 6.45) is 2.21. The topological polar surface area (TPSA) is 69.2 Å². The molecule has 0 heterocycles. The highest BCUT2D eigenvalue weighted by molar-refractivity contribution is 9.10. The van der Waals surface area contributed by atoms with Crippen LogP contribution in [0.4, 0.5) is 0 Å². The summed E-state index contributed by atoms with van der Waals surface area (Å²) in [5.74, 6) is -1.14. The first-order valence-corrected chi connectivity index (χ1v) is 6.63. The second-order valence-corrected chi connectivity index (χ2v) is 4.77. The summed E-state index contributed by atoms with van der Waals surface area (Å²) in [6.45, 7) is 0.549. The summed E-state index contributed by atoms with van der Waals surface area (Å²) in [5, 5.41) is 13.0. The number of halogens is 1. The molecule has 0 aliphatic rings. The van der Waals surface area contributed by atoms with Crippen molar-refractivity contribution in [2.75, 3.05) is 6.54 Å². The molecule has 1 amide bonds. The van der Waals surface area contributed by atoms with E-state index in [0.717, 1.165) is 17.3 Å². The third-order valence-corrected chi connectivity index (χ3v) is 3.15. The zero-order valence-electron chi connectivity index (χ0n) is 9.95. The van der Waals surface area contributed by atoms with Crippen molar-refractivity contribution in [3.8, 4) is 0 Å². The van der Waals surface area contributed by atoms with Gasteiger partial charge < -0.3 is 15.2 Å². The number of carboxylic acid groups (broad SMARTS) is 1. The van der Waals surface area contributed by atoms with E-state index in [9.17, 15) is 14.7 Å². The van der Waals surface area contributed by atoms with Crippen LogP contribution in [0.1, 0.15) is 36.0 Å². The maximum absolute atomic E-state index is 11.8. The zero-order valence-corrected chi connectivity index (χ0v) is 11.5. The van der Waals surface area contributed by atoms with Gasteiger partial charge in [-0.05, 0) is 47.3 Å². The number of rotatable bonds is 7. The van der Waals surface area contributed by atoms with E-state index in [0.29, 0.717) is 18.5 Å². The lowest BCUT2D eigenvalue weighted by Crippen LogP contribution is -2.25. The quantitative estimate of drug-likeness (QED) is 0.775. The Labute approximate surface area is 115 Å². The molecule has 0 bridgehead atoms. The molecule has 0 fully saturated rings. The molecule has 0 aromatic heterocycles. The molecular formula is C13H15BrNO3-. The van der Waals surface area contributed by atoms with Crippen LogP contribution in [-0.4, -0.2) is 18.4 Å². The van der Waals surface area contributed by atoms with Crippen molar-refractivity contribution in [2.45, 2.75) is 25.7 Å². The van der Waals surface area contributed by atoms with E-state index >= 15 is 0 Å². The Morgan fingerprint density at radius 3 is 2.56 bits per heavy atom. The van der Waals surface area contributed by atoms with Crippen molar-refractivity contribution in [3.63, 3.8) is 0 Å². The van der Waals surface area contributed by atoms with Crippen molar-refractivity contribution in [1.29, 1.82) is 0 Å². The number of benzene rings is 1. The number of carboxylic acids is 1. The number of nitrogens with one attached hydrogen (secondary N) is 1. The summed E-state index contributed by atoms with van der Waals surface area (Å²) < 4.78 is 0.763. The Balaban J connectivity index is 2.22. The van der Waals surface area contributed by atoms with Gasteiger partial charge in [-0.3, -0.25) is 4.79 Å². The summed E-state index contributed by atoms with van der Waals surface area (Å²) in [5.41, 5.74) is 0.604. The molecule has 1 rings (SSSR count). The fourth-order valence-electron chi connectivity index (χ4n) is 1.51. The van der Waals surface area contributed by atoms with E-state index in [4.69, 9.17) is 0 Å². The molecule has 1 N–H and O–H groups in total. The first kappa shape index (κ1) is 14.7. The van der Waals surface area contributed by atoms with Crippen LogP contribution >= 0.6 is 15.9 Å². The van der Waals surface area contributed by atoms with Crippen LogP contribution in [0.3, 0.4) is 0 Å². The van der Waals surface area contributed by atoms with Gasteiger partial charge in [-0.15, -0.1) is 0 Å². The molecule has 0 aliphatic carbocycles. The number of unbranched alkanes of at least 4 members (excludes halogenated alkanes) is 2. The molecule has 0 unspecified atom stereocenters. The monoisotopic (exact) mass is 312 g/mol. The Morgan fingerprint density at radius 1 is 1.17 bits per heavy atom. The largest absolute Gasteiger partial charge is 0.550 e. The number of hydrogen-bond acceptors (Lipinski definition) is 3. The maximum atomic E-state index is 11.8. The van der Waals surface area contributed by atoms with E-state index < -0.39 is 5.97 Å². The highest BCUT2D eigenvalue weighted by Crippen LogP contribution is 2.15. The third-order valence-electron chi connectivity index (χ3n) is 2.46. The molecule has 0 saturated carbocycles. The van der Waals surface area contributed by atoms with Crippen molar-refractivity contribution in [3.05, 3.63) is 34.3 Å². The molecule has 1 aromatic rings. The summed E-state index contributed by atoms with van der Waals surface area (Å²) in [7, 11) is 0. The van der Waals surface area contributed by atoms with E-state index in [-0.39, 0.29) is 12.3 Å². The van der Waals surface area contributed by atoms with Gasteiger partial charge in [-0.1, -0.05) is 18.6 Å². The summed E-state index contributed by atoms with van der Waals surface area (Å²) in [6, 6.07) is 7.21. The van der Waals surface area contributed by atoms with Crippen LogP contribution in [0.15, 0.2) is 28.7 Å². The number of carbonyl (C=O) groups excluding carboxylic acids is 2. The van der Waals surface area contributed by atoms with Crippen molar-refractivity contribution in [2.24, 2.45) is 0 Å². The number of carbonyl (C=O) groups is 2. The molecule has 98 valence electrons. The van der Waals surface area contributed by atoms with Gasteiger partial charge in [-0.25, -0.2) is 0 Å². The standard InChI is InChI=1S/C13H16BrNO3/c14-11-7-4-3-6-10(11)13(18)15-9-5-1-2-8-12(16)17/h3-4,6-7H,1-2,5,8-9H2,(H,15,18)(H,16,17)/p-1. The van der Waals surface area contributed by atoms with E-state index in [1.54, 1.807) is 12.1 Å². The van der Waals surface area contributed by atoms with Gasteiger partial charge in [0.1, 0.15) is 0 Å². The van der Waals surface area contributed by atoms with Crippen LogP contribution in [0.25, 0.3) is 0 Å². The predicted molar refractivity (Wildman–Crippen MR) is 70.0 cm³/mol. The Bertz CT molecular complexity index is 420. The first-order valence-electron chi connectivity index (χ1n) is 5.84. The van der Waals surface area contributed by atoms with Gasteiger partial charge in [0, 0.05) is 17.0 Å². The van der Waals surface area contributed by atoms with Gasteiger partial charge in [0.25, 0.3) is 5.91 Å². The van der Waals surface area contributed by atoms with Gasteiger partial charge in [0.15, 0.2) is 0 Å². The van der Waals surface area contributed by atoms with Crippen LogP contribution in [0.2, 0.25) is 0 Å². The molecule has 1 aromatic carbocycles. The minimum Gasteiger partial charge on any atom is -0.550 e. The normalized spacial score (nSPS) is 10.1. The van der Waals surface area contributed by atoms with E-state index in [1.165, 1.54) is 0 Å². The molecule has 0 radical (unpaired) electrons. The highest BCUT2D eigenvalue weighted by atomic mass is 79.9. The molecule has 5 heteroatoms. The van der Waals surface area contributed by atoms with Crippen molar-refractivity contribution >= 4 is 27.8 Å². The first-order chi connectivity index (χ1) is 8.61. The smallest absolute Gasteiger partial charge is 0.252 e. The number of hydrogen-bond donors (Lipinski definition) is 1. The minimum absolute atomic E-state index is 0.0815. The van der Waals surface area contributed by atoms with Crippen LogP contribution in [-0.2, 0) is 4.79 Å². The zero-order chi connectivity index (χ0) is 13.4. The van der Waals surface area contributed by atoms with Crippen molar-refractivity contribution < 1.29 is 14.7 Å². The molecule has 0 atom stereocenters. The van der Waals surface area contributed by atoms with Crippen LogP contribution in [0, 0.1) is 0 Å². The second kappa shape index (κ2) is 7.87. The van der Waals surface area contributed by atoms with E-state index in [1.807, 2.05) is 12.1 Å². The summed E-state index contributed by atoms with van der Waals surface area (Å²) in [4.78, 5) is 21.9. The Morgan fingerprint density at radius 2 is 1.89 bits per heavy atom. The third kappa shape index (κ3) is 5.31. The molecule has 4 nitrogen and oxygen atoms in total. The fraction of sp³-hybridized carbons (Fsp3) is 0.385. The van der Waals surface area contributed by atoms with Gasteiger partial charge in [-0.2, -0.15) is 0 Å². The molecule has 0 aliphatic heterocycles. The highest BCUT2D eigenvalue weighted by Gasteiger charge is 2.07. The lowest BCUT2D eigenvalue weighted by molar-refractivity contribution is -0.305. The van der Waals surface area contributed by atoms with Crippen LogP contribution in [0.5, 0.6) is 0 Å².